The Morgan fingerprint density at radius 1 is 0.200 bits per heavy atom. The van der Waals surface area contributed by atoms with Gasteiger partial charge in [-0.15, -0.1) is 0 Å². The molecule has 0 aromatic heterocycles. The van der Waals surface area contributed by atoms with Crippen LogP contribution < -0.4 is 18.9 Å². The van der Waals surface area contributed by atoms with Crippen LogP contribution >= 0.6 is 0 Å². The molecule has 0 N–H and O–H groups in total. The minimum atomic E-state index is 0.758. The first-order valence-electron chi connectivity index (χ1n) is 38.6. The fourth-order valence-electron chi connectivity index (χ4n) is 14.4. The number of rotatable bonds is 40. The number of hydrogen-bond acceptors (Lipinski definition) is 4. The smallest absolute Gasteiger partial charge is 0.119 e. The highest BCUT2D eigenvalue weighted by Crippen LogP contribution is 2.43. The van der Waals surface area contributed by atoms with Gasteiger partial charge in [0.1, 0.15) is 23.0 Å². The van der Waals surface area contributed by atoms with E-state index in [2.05, 4.69) is 258 Å². The predicted molar refractivity (Wildman–Crippen MR) is 437 cm³/mol. The van der Waals surface area contributed by atoms with Crippen molar-refractivity contribution in [2.75, 3.05) is 26.4 Å². The molecule has 12 aromatic rings. The van der Waals surface area contributed by atoms with E-state index < -0.39 is 0 Å². The van der Waals surface area contributed by atoms with Crippen molar-refractivity contribution in [2.45, 2.75) is 182 Å². The van der Waals surface area contributed by atoms with Crippen LogP contribution in [0.15, 0.2) is 182 Å². The highest BCUT2D eigenvalue weighted by Gasteiger charge is 2.18. The summed E-state index contributed by atoms with van der Waals surface area (Å²) in [6, 6.07) is 67.6. The van der Waals surface area contributed by atoms with Gasteiger partial charge in [0.25, 0.3) is 0 Å². The number of ether oxygens (including phenoxy) is 4. The molecular weight excluding hydrogens is 1220 g/mol. The minimum Gasteiger partial charge on any atom is -0.494 e. The number of benzene rings is 12. The van der Waals surface area contributed by atoms with E-state index in [9.17, 15) is 0 Å². The average molecular weight is 1320 g/mol. The highest BCUT2D eigenvalue weighted by molar-refractivity contribution is 6.28. The van der Waals surface area contributed by atoms with E-state index in [1.807, 2.05) is 0 Å². The number of fused-ring (bicyclic) bond motifs is 4. The first-order valence-corrected chi connectivity index (χ1v) is 38.6. The van der Waals surface area contributed by atoms with Gasteiger partial charge in [-0.1, -0.05) is 302 Å². The van der Waals surface area contributed by atoms with Gasteiger partial charge in [0.2, 0.25) is 0 Å². The normalized spacial score (nSPS) is 12.2. The van der Waals surface area contributed by atoms with Crippen LogP contribution in [0.3, 0.4) is 0 Å². The zero-order chi connectivity index (χ0) is 68.5. The van der Waals surface area contributed by atoms with Gasteiger partial charge >= 0.3 is 0 Å². The van der Waals surface area contributed by atoms with Crippen LogP contribution in [-0.2, 0) is 0 Å². The van der Waals surface area contributed by atoms with Crippen LogP contribution in [0, 0.1) is 0 Å². The summed E-state index contributed by atoms with van der Waals surface area (Å²) in [5.74, 6) is 3.76. The second kappa shape index (κ2) is 36.8. The number of hydrogen-bond donors (Lipinski definition) is 0. The summed E-state index contributed by atoms with van der Waals surface area (Å²) in [5, 5.41) is 17.0. The Labute approximate surface area is 597 Å². The van der Waals surface area contributed by atoms with Crippen LogP contribution in [0.2, 0.25) is 0 Å². The molecule has 0 aliphatic carbocycles. The van der Waals surface area contributed by atoms with E-state index in [0.717, 1.165) is 97.4 Å². The Morgan fingerprint density at radius 3 is 0.650 bits per heavy atom. The molecule has 0 saturated heterocycles. The summed E-state index contributed by atoms with van der Waals surface area (Å²) >= 11 is 0. The molecule has 4 heteroatoms. The van der Waals surface area contributed by atoms with Crippen LogP contribution in [-0.4, -0.2) is 26.4 Å². The first-order chi connectivity index (χ1) is 49.4. The summed E-state index contributed by atoms with van der Waals surface area (Å²) in [7, 11) is 0. The van der Waals surface area contributed by atoms with Gasteiger partial charge in [-0.3, -0.25) is 0 Å². The zero-order valence-corrected chi connectivity index (χ0v) is 60.4. The highest BCUT2D eigenvalue weighted by atomic mass is 16.5. The Kier molecular flexibility index (Phi) is 26.0. The third kappa shape index (κ3) is 19.2. The molecule has 514 valence electrons. The van der Waals surface area contributed by atoms with Crippen molar-refractivity contribution in [1.82, 2.24) is 0 Å². The summed E-state index contributed by atoms with van der Waals surface area (Å²) in [4.78, 5) is 0. The SMILES string of the molecule is CCCCCCCCOc1ccc2cc(/C=C/c3cc(/C=C/c4ccc5cc(OCCCCCCCC)ccc5c4)c4ccc5c(/C=C/c6ccc7cc(OCCCCCCCC)ccc7c6)cc(/C=C/c6ccc7cc(OCCCCCCCC)ccc7c6)c6ccc3c4c65)ccc2c1. The first kappa shape index (κ1) is 70.7. The largest absolute Gasteiger partial charge is 0.494 e. The molecule has 12 rings (SSSR count). The van der Waals surface area contributed by atoms with E-state index in [-0.39, 0.29) is 0 Å². The van der Waals surface area contributed by atoms with Gasteiger partial charge in [0.05, 0.1) is 26.4 Å². The van der Waals surface area contributed by atoms with E-state index in [0.29, 0.717) is 0 Å². The Morgan fingerprint density at radius 2 is 0.410 bits per heavy atom. The lowest BCUT2D eigenvalue weighted by molar-refractivity contribution is 0.304. The molecule has 0 saturated carbocycles. The average Bonchev–Trinajstić information content (AvgIpc) is 0.719. The molecule has 100 heavy (non-hydrogen) atoms. The van der Waals surface area contributed by atoms with Gasteiger partial charge in [0.15, 0.2) is 0 Å². The van der Waals surface area contributed by atoms with Crippen molar-refractivity contribution in [3.05, 3.63) is 226 Å². The molecule has 0 bridgehead atoms. The third-order valence-corrected chi connectivity index (χ3v) is 20.3. The van der Waals surface area contributed by atoms with Crippen LogP contribution in [0.25, 0.3) is 124 Å². The van der Waals surface area contributed by atoms with Crippen molar-refractivity contribution in [2.24, 2.45) is 0 Å². The Hall–Kier alpha value is -9.12. The molecule has 12 aromatic carbocycles. The molecule has 0 unspecified atom stereocenters. The maximum absolute atomic E-state index is 6.27. The maximum Gasteiger partial charge on any atom is 0.119 e. The molecule has 0 aliphatic heterocycles. The summed E-state index contributed by atoms with van der Waals surface area (Å²) in [5.41, 5.74) is 9.29. The van der Waals surface area contributed by atoms with Gasteiger partial charge in [-0.2, -0.15) is 0 Å². The van der Waals surface area contributed by atoms with Crippen LogP contribution in [0.5, 0.6) is 23.0 Å². The van der Waals surface area contributed by atoms with E-state index in [4.69, 9.17) is 18.9 Å². The molecule has 0 spiro atoms. The topological polar surface area (TPSA) is 36.9 Å². The van der Waals surface area contributed by atoms with Gasteiger partial charge in [-0.25, -0.2) is 0 Å². The molecule has 0 radical (unpaired) electrons. The van der Waals surface area contributed by atoms with Crippen LogP contribution in [0.1, 0.15) is 226 Å². The van der Waals surface area contributed by atoms with E-state index in [1.54, 1.807) is 0 Å². The van der Waals surface area contributed by atoms with E-state index in [1.165, 1.54) is 226 Å². The third-order valence-electron chi connectivity index (χ3n) is 20.3. The van der Waals surface area contributed by atoms with Crippen molar-refractivity contribution < 1.29 is 18.9 Å². The lowest BCUT2D eigenvalue weighted by Crippen LogP contribution is -1.97. The number of unbranched alkanes of at least 4 members (excludes halogenated alkanes) is 20. The monoisotopic (exact) mass is 1320 g/mol. The van der Waals surface area contributed by atoms with Gasteiger partial charge < -0.3 is 18.9 Å². The quantitative estimate of drug-likeness (QED) is 0.0218. The predicted octanol–water partition coefficient (Wildman–Crippen LogP) is 28.8. The minimum absolute atomic E-state index is 0.758. The zero-order valence-electron chi connectivity index (χ0n) is 60.4. The molecule has 0 amide bonds. The van der Waals surface area contributed by atoms with Crippen molar-refractivity contribution in [3.8, 4) is 23.0 Å². The molecule has 4 nitrogen and oxygen atoms in total. The second-order valence-corrected chi connectivity index (χ2v) is 28.1. The lowest BCUT2D eigenvalue weighted by Gasteiger charge is -2.18. The molecule has 0 aliphatic rings. The van der Waals surface area contributed by atoms with Crippen molar-refractivity contribution in [1.29, 1.82) is 0 Å². The second-order valence-electron chi connectivity index (χ2n) is 28.1. The van der Waals surface area contributed by atoms with Gasteiger partial charge in [-0.05, 0) is 231 Å². The molecular formula is C96H106O4. The fraction of sp³-hybridized carbons (Fsp3) is 0.333. The summed E-state index contributed by atoms with van der Waals surface area (Å²) in [6.45, 7) is 12.1. The fourth-order valence-corrected chi connectivity index (χ4v) is 14.4. The molecule has 0 fully saturated rings. The Bertz CT molecular complexity index is 4160. The van der Waals surface area contributed by atoms with Gasteiger partial charge in [0, 0.05) is 0 Å². The standard InChI is InChI=1S/C96H106O4/c1-5-9-13-17-21-25-57-97-87-49-45-75-61-71(29-37-79(75)67-87)33-41-83-65-84(42-34-72-30-38-80-68-88(50-46-76(80)62-72)98-58-26-22-18-14-10-6-2)92-55-56-94-86(44-36-74-32-40-82-70-90(52-48-78(82)64-74)100-60-28-24-20-16-12-8-4)66-85(93-54-53-91(83)95(92)96(93)94)43-35-73-31-39-81-69-89(51-47-77(81)63-73)99-59-27-23-19-15-11-7-3/h29-56,61-70H,5-28,57-60H2,1-4H3/b41-33+,42-34+,43-35+,44-36+. The van der Waals surface area contributed by atoms with Crippen molar-refractivity contribution in [3.63, 3.8) is 0 Å². The van der Waals surface area contributed by atoms with Crippen LogP contribution in [0.4, 0.5) is 0 Å². The van der Waals surface area contributed by atoms with Crippen molar-refractivity contribution >= 4 is 124 Å². The maximum atomic E-state index is 6.27. The molecule has 0 atom stereocenters. The Balaban J connectivity index is 0.901. The lowest BCUT2D eigenvalue weighted by atomic mass is 9.85. The summed E-state index contributed by atoms with van der Waals surface area (Å²) in [6.07, 6.45) is 48.5. The van der Waals surface area contributed by atoms with E-state index >= 15 is 0 Å². The summed E-state index contributed by atoms with van der Waals surface area (Å²) < 4.78 is 25.1. The molecule has 0 heterocycles.